The zero-order chi connectivity index (χ0) is 25.4. The highest BCUT2D eigenvalue weighted by Crippen LogP contribution is 2.49. The van der Waals surface area contributed by atoms with Crippen LogP contribution in [0.4, 0.5) is 5.69 Å². The maximum Gasteiger partial charge on any atom is 0.240 e. The second-order valence-electron chi connectivity index (χ2n) is 10.2. The summed E-state index contributed by atoms with van der Waals surface area (Å²) in [5.74, 6) is -0.394. The molecule has 0 spiro atoms. The second kappa shape index (κ2) is 9.71. The first-order valence-electron chi connectivity index (χ1n) is 13.0. The highest BCUT2D eigenvalue weighted by Gasteiger charge is 2.50. The highest BCUT2D eigenvalue weighted by molar-refractivity contribution is 6.13. The fourth-order valence-corrected chi connectivity index (χ4v) is 5.92. The van der Waals surface area contributed by atoms with Gasteiger partial charge in [-0.25, -0.2) is 0 Å². The Morgan fingerprint density at radius 1 is 1.22 bits per heavy atom. The number of amides is 2. The lowest BCUT2D eigenvalue weighted by Gasteiger charge is -2.28. The third kappa shape index (κ3) is 3.90. The SMILES string of the molecule is CCC(C)NC(=O)CN1C(=O)C(CCO)(CCCO)c2cc3[nH]c4c(c3cc21)CCCc1cn[nH]c1-4. The van der Waals surface area contributed by atoms with Crippen molar-refractivity contribution in [3.05, 3.63) is 35.0 Å². The predicted molar refractivity (Wildman–Crippen MR) is 138 cm³/mol. The molecule has 2 aromatic heterocycles. The molecule has 192 valence electrons. The molecule has 1 aromatic carbocycles. The van der Waals surface area contributed by atoms with Crippen LogP contribution in [0, 0.1) is 0 Å². The number of carbonyl (C=O) groups excluding carboxylic acids is 2. The summed E-state index contributed by atoms with van der Waals surface area (Å²) in [6.07, 6.45) is 6.58. The summed E-state index contributed by atoms with van der Waals surface area (Å²) in [6.45, 7) is 3.65. The number of aromatic nitrogens is 3. The number of nitrogens with one attached hydrogen (secondary N) is 3. The van der Waals surface area contributed by atoms with Crippen LogP contribution in [0.15, 0.2) is 18.3 Å². The number of aliphatic hydroxyl groups is 2. The second-order valence-corrected chi connectivity index (χ2v) is 10.2. The van der Waals surface area contributed by atoms with E-state index in [1.807, 2.05) is 32.2 Å². The number of benzene rings is 1. The molecule has 2 unspecified atom stereocenters. The van der Waals surface area contributed by atoms with Crippen LogP contribution in [-0.2, 0) is 27.8 Å². The number of hydrogen-bond donors (Lipinski definition) is 5. The van der Waals surface area contributed by atoms with Crippen LogP contribution in [0.5, 0.6) is 0 Å². The van der Waals surface area contributed by atoms with Crippen LogP contribution in [0.2, 0.25) is 0 Å². The number of aliphatic hydroxyl groups excluding tert-OH is 2. The van der Waals surface area contributed by atoms with Crippen molar-refractivity contribution < 1.29 is 19.8 Å². The Bertz CT molecular complexity index is 1290. The van der Waals surface area contributed by atoms with E-state index in [4.69, 9.17) is 0 Å². The summed E-state index contributed by atoms with van der Waals surface area (Å²) < 4.78 is 0. The number of carbonyl (C=O) groups is 2. The first-order chi connectivity index (χ1) is 17.4. The standard InChI is InChI=1S/C27H35N5O4/c1-3-16(2)29-23(35)15-32-22-12-19-18-7-4-6-17-14-28-31-24(17)25(18)30-21(19)13-20(22)27(9-11-34,26(32)36)8-5-10-33/h12-14,16,30,33-34H,3-11,15H2,1-2H3,(H,28,31)(H,29,35). The van der Waals surface area contributed by atoms with E-state index in [2.05, 4.69) is 20.5 Å². The van der Waals surface area contributed by atoms with E-state index in [9.17, 15) is 19.8 Å². The average molecular weight is 494 g/mol. The maximum absolute atomic E-state index is 14.0. The van der Waals surface area contributed by atoms with E-state index in [1.54, 1.807) is 4.90 Å². The molecule has 5 rings (SSSR count). The Kier molecular flexibility index (Phi) is 6.61. The van der Waals surface area contributed by atoms with Gasteiger partial charge in [0, 0.05) is 35.8 Å². The topological polar surface area (TPSA) is 134 Å². The van der Waals surface area contributed by atoms with Gasteiger partial charge in [-0.3, -0.25) is 14.7 Å². The van der Waals surface area contributed by atoms with Crippen LogP contribution in [0.25, 0.3) is 22.3 Å². The molecule has 2 aliphatic rings. The molecule has 2 amide bonds. The van der Waals surface area contributed by atoms with Crippen molar-refractivity contribution >= 4 is 28.4 Å². The van der Waals surface area contributed by atoms with Gasteiger partial charge in [-0.1, -0.05) is 6.92 Å². The average Bonchev–Trinajstić information content (AvgIpc) is 3.49. The van der Waals surface area contributed by atoms with Crippen molar-refractivity contribution in [3.63, 3.8) is 0 Å². The van der Waals surface area contributed by atoms with Crippen LogP contribution in [0.1, 0.15) is 62.6 Å². The van der Waals surface area contributed by atoms with Gasteiger partial charge < -0.3 is 25.4 Å². The Labute approximate surface area is 210 Å². The van der Waals surface area contributed by atoms with Crippen LogP contribution < -0.4 is 10.2 Å². The van der Waals surface area contributed by atoms with Crippen LogP contribution in [-0.4, -0.2) is 63.0 Å². The van der Waals surface area contributed by atoms with E-state index >= 15 is 0 Å². The molecule has 0 bridgehead atoms. The van der Waals surface area contributed by atoms with E-state index < -0.39 is 5.41 Å². The van der Waals surface area contributed by atoms with Gasteiger partial charge in [0.2, 0.25) is 11.8 Å². The van der Waals surface area contributed by atoms with E-state index in [0.29, 0.717) is 18.5 Å². The third-order valence-electron chi connectivity index (χ3n) is 7.95. The summed E-state index contributed by atoms with van der Waals surface area (Å²) in [4.78, 5) is 32.0. The molecule has 1 aliphatic heterocycles. The summed E-state index contributed by atoms with van der Waals surface area (Å²) in [7, 11) is 0. The number of anilines is 1. The molecule has 3 heterocycles. The molecule has 1 aliphatic carbocycles. The molecule has 0 saturated heterocycles. The number of H-pyrrole nitrogens is 2. The molecule has 0 saturated carbocycles. The summed E-state index contributed by atoms with van der Waals surface area (Å²) in [6, 6.07) is 4.07. The molecule has 0 radical (unpaired) electrons. The van der Waals surface area contributed by atoms with Gasteiger partial charge >= 0.3 is 0 Å². The molecular formula is C27H35N5O4. The number of rotatable bonds is 9. The fourth-order valence-electron chi connectivity index (χ4n) is 5.92. The molecule has 9 nitrogen and oxygen atoms in total. The Morgan fingerprint density at radius 2 is 2.06 bits per heavy atom. The van der Waals surface area contributed by atoms with Gasteiger partial charge in [0.1, 0.15) is 6.54 Å². The monoisotopic (exact) mass is 493 g/mol. The van der Waals surface area contributed by atoms with Gasteiger partial charge in [-0.15, -0.1) is 0 Å². The zero-order valence-electron chi connectivity index (χ0n) is 21.0. The molecule has 2 atom stereocenters. The van der Waals surface area contributed by atoms with Crippen molar-refractivity contribution in [2.24, 2.45) is 0 Å². The Hall–Kier alpha value is -3.17. The van der Waals surface area contributed by atoms with Crippen molar-refractivity contribution in [2.75, 3.05) is 24.7 Å². The van der Waals surface area contributed by atoms with Crippen LogP contribution in [0.3, 0.4) is 0 Å². The predicted octanol–water partition coefficient (Wildman–Crippen LogP) is 2.70. The number of nitrogens with zero attached hydrogens (tertiary/aromatic N) is 2. The Balaban J connectivity index is 1.66. The number of hydrogen-bond acceptors (Lipinski definition) is 5. The van der Waals surface area contributed by atoms with Crippen molar-refractivity contribution in [1.82, 2.24) is 20.5 Å². The van der Waals surface area contributed by atoms with E-state index in [1.165, 1.54) is 11.1 Å². The quantitative estimate of drug-likeness (QED) is 0.312. The van der Waals surface area contributed by atoms with Crippen molar-refractivity contribution in [2.45, 2.75) is 70.3 Å². The van der Waals surface area contributed by atoms with E-state index in [-0.39, 0.29) is 44.0 Å². The lowest BCUT2D eigenvalue weighted by atomic mass is 9.75. The highest BCUT2D eigenvalue weighted by atomic mass is 16.3. The summed E-state index contributed by atoms with van der Waals surface area (Å²) in [5.41, 5.74) is 5.85. The molecular weight excluding hydrogens is 458 g/mol. The number of fused-ring (bicyclic) bond motifs is 6. The van der Waals surface area contributed by atoms with Crippen LogP contribution >= 0.6 is 0 Å². The van der Waals surface area contributed by atoms with Gasteiger partial charge in [0.25, 0.3) is 0 Å². The van der Waals surface area contributed by atoms with Gasteiger partial charge in [-0.2, -0.15) is 5.10 Å². The van der Waals surface area contributed by atoms with Crippen molar-refractivity contribution in [3.8, 4) is 11.4 Å². The van der Waals surface area contributed by atoms with Gasteiger partial charge in [0.15, 0.2) is 0 Å². The summed E-state index contributed by atoms with van der Waals surface area (Å²) in [5, 5.41) is 31.0. The number of aryl methyl sites for hydroxylation is 2. The first kappa shape index (κ1) is 24.5. The van der Waals surface area contributed by atoms with Gasteiger partial charge in [-0.05, 0) is 80.7 Å². The largest absolute Gasteiger partial charge is 0.396 e. The maximum atomic E-state index is 14.0. The minimum Gasteiger partial charge on any atom is -0.396 e. The van der Waals surface area contributed by atoms with E-state index in [0.717, 1.165) is 53.5 Å². The van der Waals surface area contributed by atoms with Crippen molar-refractivity contribution in [1.29, 1.82) is 0 Å². The number of aromatic amines is 2. The molecule has 3 aromatic rings. The molecule has 36 heavy (non-hydrogen) atoms. The molecule has 0 fully saturated rings. The zero-order valence-corrected chi connectivity index (χ0v) is 21.0. The normalized spacial score (nSPS) is 19.7. The molecule has 9 heteroatoms. The smallest absolute Gasteiger partial charge is 0.240 e. The lowest BCUT2D eigenvalue weighted by Crippen LogP contribution is -2.46. The minimum atomic E-state index is -0.987. The fraction of sp³-hybridized carbons (Fsp3) is 0.519. The lowest BCUT2D eigenvalue weighted by molar-refractivity contribution is -0.127. The van der Waals surface area contributed by atoms with Gasteiger partial charge in [0.05, 0.1) is 23.0 Å². The third-order valence-corrected chi connectivity index (χ3v) is 7.95. The minimum absolute atomic E-state index is 0.0118. The Morgan fingerprint density at radius 3 is 2.81 bits per heavy atom. The molecule has 5 N–H and O–H groups in total. The first-order valence-corrected chi connectivity index (χ1v) is 13.0. The summed E-state index contributed by atoms with van der Waals surface area (Å²) >= 11 is 0.